The van der Waals surface area contributed by atoms with Crippen molar-refractivity contribution < 1.29 is 17.0 Å². The Labute approximate surface area is 158 Å². The summed E-state index contributed by atoms with van der Waals surface area (Å²) in [6.45, 7) is 10.6. The summed E-state index contributed by atoms with van der Waals surface area (Å²) in [5.41, 5.74) is 3.17. The standard InChI is InChI=1S/C20H28O4SSi/c1-16-6-12-20(13-7-16)25(21,22)23-15-14-18-8-10-19(11-9-18)17(2)24-26(3,4)5/h6-13,17H,14-15H2,1-5H3. The maximum Gasteiger partial charge on any atom is 0.296 e. The minimum absolute atomic E-state index is 0.0638. The highest BCUT2D eigenvalue weighted by molar-refractivity contribution is 7.86. The Balaban J connectivity index is 1.91. The Hall–Kier alpha value is -1.47. The SMILES string of the molecule is Cc1ccc(S(=O)(=O)OCCc2ccc(C(C)O[Si](C)(C)C)cc2)cc1. The van der Waals surface area contributed by atoms with Gasteiger partial charge in [-0.15, -0.1) is 0 Å². The number of hydrogen-bond donors (Lipinski definition) is 0. The molecule has 0 spiro atoms. The molecule has 0 aliphatic rings. The van der Waals surface area contributed by atoms with Crippen LogP contribution in [0.5, 0.6) is 0 Å². The van der Waals surface area contributed by atoms with Crippen molar-refractivity contribution in [1.82, 2.24) is 0 Å². The lowest BCUT2D eigenvalue weighted by Crippen LogP contribution is -2.26. The number of aryl methyl sites for hydroxylation is 1. The molecule has 0 fully saturated rings. The van der Waals surface area contributed by atoms with Gasteiger partial charge >= 0.3 is 0 Å². The molecule has 0 aromatic heterocycles. The van der Waals surface area contributed by atoms with Crippen molar-refractivity contribution >= 4 is 18.4 Å². The van der Waals surface area contributed by atoms with Crippen molar-refractivity contribution in [3.63, 3.8) is 0 Å². The van der Waals surface area contributed by atoms with Crippen LogP contribution in [0, 0.1) is 6.92 Å². The number of rotatable bonds is 8. The Morgan fingerprint density at radius 1 is 0.962 bits per heavy atom. The molecule has 0 N–H and O–H groups in total. The molecule has 0 saturated carbocycles. The summed E-state index contributed by atoms with van der Waals surface area (Å²) in [7, 11) is -5.29. The number of hydrogen-bond acceptors (Lipinski definition) is 4. The van der Waals surface area contributed by atoms with E-state index in [1.165, 1.54) is 0 Å². The first kappa shape index (κ1) is 20.8. The second-order valence-electron chi connectivity index (χ2n) is 7.45. The molecule has 2 rings (SSSR count). The topological polar surface area (TPSA) is 52.6 Å². The first-order chi connectivity index (χ1) is 12.1. The third-order valence-corrected chi connectivity index (χ3v) is 6.31. The highest BCUT2D eigenvalue weighted by Gasteiger charge is 2.19. The quantitative estimate of drug-likeness (QED) is 0.476. The van der Waals surface area contributed by atoms with E-state index in [1.54, 1.807) is 24.3 Å². The van der Waals surface area contributed by atoms with Gasteiger partial charge in [0, 0.05) is 0 Å². The summed E-state index contributed by atoms with van der Waals surface area (Å²) in [4.78, 5) is 0.191. The lowest BCUT2D eigenvalue weighted by atomic mass is 10.1. The second kappa shape index (κ2) is 8.48. The molecule has 2 aromatic rings. The van der Waals surface area contributed by atoms with E-state index >= 15 is 0 Å². The van der Waals surface area contributed by atoms with Crippen molar-refractivity contribution in [1.29, 1.82) is 0 Å². The van der Waals surface area contributed by atoms with Crippen LogP contribution in [-0.2, 0) is 25.1 Å². The zero-order valence-electron chi connectivity index (χ0n) is 16.2. The van der Waals surface area contributed by atoms with Crippen molar-refractivity contribution in [3.05, 3.63) is 65.2 Å². The van der Waals surface area contributed by atoms with Gasteiger partial charge in [0.15, 0.2) is 8.32 Å². The van der Waals surface area contributed by atoms with E-state index in [9.17, 15) is 8.42 Å². The summed E-state index contributed by atoms with van der Waals surface area (Å²) < 4.78 is 35.6. The van der Waals surface area contributed by atoms with Crippen molar-refractivity contribution in [3.8, 4) is 0 Å². The molecule has 0 aliphatic heterocycles. The smallest absolute Gasteiger partial charge is 0.296 e. The van der Waals surface area contributed by atoms with E-state index in [-0.39, 0.29) is 17.6 Å². The van der Waals surface area contributed by atoms with E-state index in [0.29, 0.717) is 6.42 Å². The van der Waals surface area contributed by atoms with Crippen molar-refractivity contribution in [2.75, 3.05) is 6.61 Å². The highest BCUT2D eigenvalue weighted by atomic mass is 32.2. The van der Waals surface area contributed by atoms with Gasteiger partial charge in [-0.1, -0.05) is 42.0 Å². The van der Waals surface area contributed by atoms with Crippen LogP contribution in [0.25, 0.3) is 0 Å². The zero-order valence-corrected chi connectivity index (χ0v) is 18.0. The monoisotopic (exact) mass is 392 g/mol. The fraction of sp³-hybridized carbons (Fsp3) is 0.400. The average molecular weight is 393 g/mol. The summed E-state index contributed by atoms with van der Waals surface area (Å²) in [6.07, 6.45) is 0.600. The Morgan fingerprint density at radius 2 is 1.54 bits per heavy atom. The van der Waals surface area contributed by atoms with Gasteiger partial charge in [-0.3, -0.25) is 4.18 Å². The summed E-state index contributed by atoms with van der Waals surface area (Å²) in [6, 6.07) is 14.7. The molecular formula is C20H28O4SSi. The molecule has 0 aliphatic carbocycles. The van der Waals surface area contributed by atoms with Gasteiger partial charge in [0.25, 0.3) is 10.1 Å². The molecule has 0 radical (unpaired) electrons. The van der Waals surface area contributed by atoms with Crippen LogP contribution < -0.4 is 0 Å². The van der Waals surface area contributed by atoms with Crippen LogP contribution in [0.3, 0.4) is 0 Å². The lowest BCUT2D eigenvalue weighted by molar-refractivity contribution is 0.219. The van der Waals surface area contributed by atoms with E-state index < -0.39 is 18.4 Å². The van der Waals surface area contributed by atoms with E-state index in [2.05, 4.69) is 26.6 Å². The van der Waals surface area contributed by atoms with E-state index in [0.717, 1.165) is 16.7 Å². The van der Waals surface area contributed by atoms with Crippen molar-refractivity contribution in [2.45, 2.75) is 50.9 Å². The van der Waals surface area contributed by atoms with Crippen LogP contribution >= 0.6 is 0 Å². The zero-order chi connectivity index (χ0) is 19.4. The molecule has 2 aromatic carbocycles. The molecule has 1 atom stereocenters. The second-order valence-corrected chi connectivity index (χ2v) is 13.5. The van der Waals surface area contributed by atoms with Crippen LogP contribution in [0.15, 0.2) is 53.4 Å². The molecule has 0 heterocycles. The summed E-state index contributed by atoms with van der Waals surface area (Å²) in [5, 5.41) is 0. The molecule has 1 unspecified atom stereocenters. The number of benzene rings is 2. The fourth-order valence-electron chi connectivity index (χ4n) is 2.60. The molecule has 142 valence electrons. The molecule has 0 bridgehead atoms. The fourth-order valence-corrected chi connectivity index (χ4v) is 4.70. The van der Waals surface area contributed by atoms with E-state index in [4.69, 9.17) is 8.61 Å². The largest absolute Gasteiger partial charge is 0.411 e. The minimum Gasteiger partial charge on any atom is -0.411 e. The maximum absolute atomic E-state index is 12.2. The average Bonchev–Trinajstić information content (AvgIpc) is 2.54. The van der Waals surface area contributed by atoms with Gasteiger partial charge in [0.2, 0.25) is 0 Å². The van der Waals surface area contributed by atoms with Gasteiger partial charge in [-0.05, 0) is 63.2 Å². The Kier molecular flexibility index (Phi) is 6.79. The molecule has 26 heavy (non-hydrogen) atoms. The molecule has 4 nitrogen and oxygen atoms in total. The highest BCUT2D eigenvalue weighted by Crippen LogP contribution is 2.22. The van der Waals surface area contributed by atoms with E-state index in [1.807, 2.05) is 31.2 Å². The molecule has 6 heteroatoms. The van der Waals surface area contributed by atoms with Gasteiger partial charge in [-0.25, -0.2) is 0 Å². The predicted octanol–water partition coefficient (Wildman–Crippen LogP) is 4.86. The lowest BCUT2D eigenvalue weighted by Gasteiger charge is -2.23. The Bertz CT molecular complexity index is 806. The molecular weight excluding hydrogens is 364 g/mol. The maximum atomic E-state index is 12.2. The van der Waals surface area contributed by atoms with Crippen molar-refractivity contribution in [2.24, 2.45) is 0 Å². The summed E-state index contributed by atoms with van der Waals surface area (Å²) >= 11 is 0. The minimum atomic E-state index is -3.70. The normalized spacial score (nSPS) is 13.6. The van der Waals surface area contributed by atoms with Crippen LogP contribution in [-0.4, -0.2) is 23.3 Å². The summed E-state index contributed by atoms with van der Waals surface area (Å²) in [5.74, 6) is 0. The Morgan fingerprint density at radius 3 is 2.08 bits per heavy atom. The van der Waals surface area contributed by atoms with Crippen LogP contribution in [0.2, 0.25) is 19.6 Å². The molecule has 0 amide bonds. The third kappa shape index (κ3) is 6.36. The van der Waals surface area contributed by atoms with Gasteiger partial charge in [0.05, 0.1) is 17.6 Å². The van der Waals surface area contributed by atoms with Gasteiger partial charge < -0.3 is 4.43 Å². The first-order valence-corrected chi connectivity index (χ1v) is 13.6. The first-order valence-electron chi connectivity index (χ1n) is 8.79. The predicted molar refractivity (Wildman–Crippen MR) is 107 cm³/mol. The molecule has 0 saturated heterocycles. The van der Waals surface area contributed by atoms with Crippen LogP contribution in [0.1, 0.15) is 29.7 Å². The third-order valence-electron chi connectivity index (χ3n) is 3.92. The van der Waals surface area contributed by atoms with Crippen LogP contribution in [0.4, 0.5) is 0 Å². The van der Waals surface area contributed by atoms with Gasteiger partial charge in [-0.2, -0.15) is 8.42 Å². The van der Waals surface area contributed by atoms with Gasteiger partial charge in [0.1, 0.15) is 0 Å².